The zero-order valence-electron chi connectivity index (χ0n) is 6.59. The van der Waals surface area contributed by atoms with Gasteiger partial charge in [0, 0.05) is 0 Å². The highest BCUT2D eigenvalue weighted by molar-refractivity contribution is 5.71. The van der Waals surface area contributed by atoms with Crippen LogP contribution in [0.5, 0.6) is 0 Å². The molecule has 1 saturated carbocycles. The molecule has 0 bridgehead atoms. The summed E-state index contributed by atoms with van der Waals surface area (Å²) in [5.41, 5.74) is -0.933. The molecule has 0 aromatic heterocycles. The lowest BCUT2D eigenvalue weighted by Gasteiger charge is -2.42. The van der Waals surface area contributed by atoms with E-state index in [2.05, 4.69) is 4.74 Å². The van der Waals surface area contributed by atoms with Crippen LogP contribution in [0.2, 0.25) is 0 Å². The van der Waals surface area contributed by atoms with Crippen LogP contribution in [0.15, 0.2) is 0 Å². The number of carbonyl (C=O) groups is 1. The molecule has 0 heterocycles. The molecular weight excluding hydrogens is 170 g/mol. The van der Waals surface area contributed by atoms with Gasteiger partial charge in [0.15, 0.2) is 0 Å². The van der Waals surface area contributed by atoms with Crippen LogP contribution in [0, 0.1) is 5.92 Å². The van der Waals surface area contributed by atoms with Gasteiger partial charge in [0.2, 0.25) is 0 Å². The van der Waals surface area contributed by atoms with E-state index in [0.29, 0.717) is 0 Å². The Hall–Kier alpha value is -0.710. The van der Waals surface area contributed by atoms with Crippen molar-refractivity contribution >= 4 is 5.97 Å². The summed E-state index contributed by atoms with van der Waals surface area (Å²) in [5.74, 6) is -1.46. The number of alkyl halides is 2. The van der Waals surface area contributed by atoms with Crippen LogP contribution in [0.25, 0.3) is 0 Å². The fourth-order valence-electron chi connectivity index (χ4n) is 1.47. The van der Waals surface area contributed by atoms with Gasteiger partial charge in [-0.15, -0.1) is 0 Å². The zero-order valence-corrected chi connectivity index (χ0v) is 6.59. The Morgan fingerprint density at radius 3 is 2.50 bits per heavy atom. The second-order valence-electron chi connectivity index (χ2n) is 3.27. The largest absolute Gasteiger partial charge is 0.481 e. The lowest BCUT2D eigenvalue weighted by molar-refractivity contribution is -0.240. The number of rotatable bonds is 3. The molecule has 0 atom stereocenters. The van der Waals surface area contributed by atoms with Gasteiger partial charge in [0.05, 0.1) is 11.5 Å². The van der Waals surface area contributed by atoms with Crippen molar-refractivity contribution in [3.05, 3.63) is 0 Å². The Labute approximate surface area is 68.3 Å². The Kier molecular flexibility index (Phi) is 2.32. The average Bonchev–Trinajstić information content (AvgIpc) is 1.80. The highest BCUT2D eigenvalue weighted by Crippen LogP contribution is 2.41. The van der Waals surface area contributed by atoms with Crippen molar-refractivity contribution in [3.8, 4) is 0 Å². The molecule has 0 aromatic rings. The monoisotopic (exact) mass is 180 g/mol. The third-order valence-corrected chi connectivity index (χ3v) is 2.08. The maximum absolute atomic E-state index is 11.7. The van der Waals surface area contributed by atoms with E-state index in [1.165, 1.54) is 6.92 Å². The molecule has 5 heteroatoms. The zero-order chi connectivity index (χ0) is 9.35. The molecule has 0 aromatic carbocycles. The van der Waals surface area contributed by atoms with Crippen molar-refractivity contribution in [1.29, 1.82) is 0 Å². The van der Waals surface area contributed by atoms with Crippen LogP contribution in [-0.2, 0) is 9.53 Å². The molecule has 0 spiro atoms. The minimum atomic E-state index is -2.82. The van der Waals surface area contributed by atoms with Crippen LogP contribution in [0.4, 0.5) is 8.78 Å². The van der Waals surface area contributed by atoms with Gasteiger partial charge in [-0.05, 0) is 19.8 Å². The van der Waals surface area contributed by atoms with Gasteiger partial charge in [-0.3, -0.25) is 4.79 Å². The van der Waals surface area contributed by atoms with Crippen molar-refractivity contribution in [3.63, 3.8) is 0 Å². The van der Waals surface area contributed by atoms with Gasteiger partial charge in [0.1, 0.15) is 0 Å². The third kappa shape index (κ3) is 1.91. The Bertz CT molecular complexity index is 187. The van der Waals surface area contributed by atoms with Crippen molar-refractivity contribution in [1.82, 2.24) is 0 Å². The Morgan fingerprint density at radius 1 is 1.67 bits per heavy atom. The highest BCUT2D eigenvalue weighted by Gasteiger charge is 2.46. The van der Waals surface area contributed by atoms with E-state index in [1.54, 1.807) is 0 Å². The summed E-state index contributed by atoms with van der Waals surface area (Å²) < 4.78 is 27.7. The predicted molar refractivity (Wildman–Crippen MR) is 35.9 cm³/mol. The van der Waals surface area contributed by atoms with E-state index >= 15 is 0 Å². The molecule has 0 unspecified atom stereocenters. The number of carboxylic acid groups (broad SMARTS) is 1. The lowest BCUT2D eigenvalue weighted by atomic mass is 9.72. The van der Waals surface area contributed by atoms with Crippen LogP contribution in [-0.4, -0.2) is 23.3 Å². The number of ether oxygens (including phenoxy) is 1. The molecule has 1 aliphatic carbocycles. The molecule has 1 rings (SSSR count). The van der Waals surface area contributed by atoms with Crippen molar-refractivity contribution in [2.45, 2.75) is 32.0 Å². The summed E-state index contributed by atoms with van der Waals surface area (Å²) in [5, 5.41) is 8.46. The number of aliphatic carboxylic acids is 1. The third-order valence-electron chi connectivity index (χ3n) is 2.08. The van der Waals surface area contributed by atoms with E-state index in [0.717, 1.165) is 0 Å². The molecule has 0 aliphatic heterocycles. The summed E-state index contributed by atoms with van der Waals surface area (Å²) in [7, 11) is 0. The van der Waals surface area contributed by atoms with Crippen LogP contribution < -0.4 is 0 Å². The maximum Gasteiger partial charge on any atom is 0.345 e. The molecule has 0 radical (unpaired) electrons. The second-order valence-corrected chi connectivity index (χ2v) is 3.27. The summed E-state index contributed by atoms with van der Waals surface area (Å²) in [4.78, 5) is 10.3. The first kappa shape index (κ1) is 9.38. The predicted octanol–water partition coefficient (Wildman–Crippen LogP) is 1.48. The highest BCUT2D eigenvalue weighted by atomic mass is 19.3. The number of hydrogen-bond donors (Lipinski definition) is 1. The van der Waals surface area contributed by atoms with Crippen LogP contribution in [0.1, 0.15) is 19.8 Å². The number of halogens is 2. The van der Waals surface area contributed by atoms with E-state index in [9.17, 15) is 13.6 Å². The lowest BCUT2D eigenvalue weighted by Crippen LogP contribution is -2.47. The first-order chi connectivity index (χ1) is 5.43. The van der Waals surface area contributed by atoms with Gasteiger partial charge < -0.3 is 9.84 Å². The van der Waals surface area contributed by atoms with Gasteiger partial charge in [-0.25, -0.2) is 0 Å². The Balaban J connectivity index is 2.35. The van der Waals surface area contributed by atoms with Crippen LogP contribution >= 0.6 is 0 Å². The molecule has 1 N–H and O–H groups in total. The van der Waals surface area contributed by atoms with Crippen molar-refractivity contribution in [2.24, 2.45) is 5.92 Å². The summed E-state index contributed by atoms with van der Waals surface area (Å²) in [6, 6.07) is 0. The molecule has 1 aliphatic rings. The first-order valence-corrected chi connectivity index (χ1v) is 3.62. The number of hydrogen-bond acceptors (Lipinski definition) is 2. The van der Waals surface area contributed by atoms with Gasteiger partial charge in [-0.1, -0.05) is 0 Å². The molecular formula is C7H10F2O3. The first-order valence-electron chi connectivity index (χ1n) is 3.62. The minimum absolute atomic E-state index is 0.173. The SMILES string of the molecule is C[C@]1(OC(F)F)C[C@@H](C(=O)O)C1. The second kappa shape index (κ2) is 2.97. The summed E-state index contributed by atoms with van der Waals surface area (Å²) in [6.45, 7) is -1.32. The number of carboxylic acids is 1. The maximum atomic E-state index is 11.7. The minimum Gasteiger partial charge on any atom is -0.481 e. The van der Waals surface area contributed by atoms with Crippen molar-refractivity contribution in [2.75, 3.05) is 0 Å². The summed E-state index contributed by atoms with van der Waals surface area (Å²) >= 11 is 0. The normalized spacial score (nSPS) is 34.8. The standard InChI is InChI=1S/C7H10F2O3/c1-7(12-6(8)9)2-4(3-7)5(10)11/h4,6H,2-3H2,1H3,(H,10,11)/t4-,7+. The Morgan fingerprint density at radius 2 is 2.17 bits per heavy atom. The van der Waals surface area contributed by atoms with E-state index < -0.39 is 24.1 Å². The quantitative estimate of drug-likeness (QED) is 0.715. The fraction of sp³-hybridized carbons (Fsp3) is 0.857. The van der Waals surface area contributed by atoms with Gasteiger partial charge in [-0.2, -0.15) is 8.78 Å². The van der Waals surface area contributed by atoms with E-state index in [4.69, 9.17) is 5.11 Å². The van der Waals surface area contributed by atoms with E-state index in [1.807, 2.05) is 0 Å². The molecule has 0 saturated heterocycles. The summed E-state index contributed by atoms with van der Waals surface area (Å²) in [6.07, 6.45) is 0.347. The molecule has 1 fully saturated rings. The fourth-order valence-corrected chi connectivity index (χ4v) is 1.47. The molecule has 0 amide bonds. The van der Waals surface area contributed by atoms with Gasteiger partial charge in [0.25, 0.3) is 0 Å². The topological polar surface area (TPSA) is 46.5 Å². The van der Waals surface area contributed by atoms with Gasteiger partial charge >= 0.3 is 12.6 Å². The van der Waals surface area contributed by atoms with Crippen molar-refractivity contribution < 1.29 is 23.4 Å². The van der Waals surface area contributed by atoms with E-state index in [-0.39, 0.29) is 12.8 Å². The smallest absolute Gasteiger partial charge is 0.345 e. The molecule has 3 nitrogen and oxygen atoms in total. The average molecular weight is 180 g/mol. The molecule has 70 valence electrons. The van der Waals surface area contributed by atoms with Crippen LogP contribution in [0.3, 0.4) is 0 Å². The molecule has 12 heavy (non-hydrogen) atoms.